The van der Waals surface area contributed by atoms with Gasteiger partial charge in [-0.05, 0) is 31.6 Å². The maximum Gasteiger partial charge on any atom is 0.417 e. The Bertz CT molecular complexity index is 723. The second-order valence-corrected chi connectivity index (χ2v) is 9.53. The minimum absolute atomic E-state index is 0.174. The van der Waals surface area contributed by atoms with E-state index >= 15 is 0 Å². The number of nitrogens with zero attached hydrogens (tertiary/aromatic N) is 2. The first-order valence-electron chi connectivity index (χ1n) is 9.14. The molecule has 11 heteroatoms. The van der Waals surface area contributed by atoms with Crippen molar-refractivity contribution in [3.63, 3.8) is 0 Å². The van der Waals surface area contributed by atoms with Crippen LogP contribution < -0.4 is 16.4 Å². The van der Waals surface area contributed by atoms with Crippen molar-refractivity contribution in [2.75, 3.05) is 19.3 Å². The van der Waals surface area contributed by atoms with Crippen LogP contribution in [-0.4, -0.2) is 55.9 Å². The largest absolute Gasteiger partial charge is 0.417 e. The number of nitrogens with one attached hydrogen (secondary N) is 2. The molecule has 7 nitrogen and oxygen atoms in total. The van der Waals surface area contributed by atoms with Crippen LogP contribution in [-0.2, 0) is 10.0 Å². The Labute approximate surface area is 157 Å². The van der Waals surface area contributed by atoms with Crippen molar-refractivity contribution in [2.24, 2.45) is 16.6 Å². The van der Waals surface area contributed by atoms with Crippen molar-refractivity contribution in [2.45, 2.75) is 56.4 Å². The van der Waals surface area contributed by atoms with Crippen LogP contribution >= 0.6 is 0 Å². The lowest BCUT2D eigenvalue weighted by atomic mass is 9.84. The Morgan fingerprint density at radius 3 is 2.33 bits per heavy atom. The maximum atomic E-state index is 13.5. The average molecular weight is 409 g/mol. The molecule has 2 heterocycles. The topological polar surface area (TPSA) is 99.8 Å². The normalized spacial score (nSPS) is 30.9. The first kappa shape index (κ1) is 20.4. The summed E-state index contributed by atoms with van der Waals surface area (Å²) >= 11 is 0. The third-order valence-electron chi connectivity index (χ3n) is 5.63. The van der Waals surface area contributed by atoms with Gasteiger partial charge in [0.2, 0.25) is 10.0 Å². The van der Waals surface area contributed by atoms with Gasteiger partial charge in [-0.1, -0.05) is 12.8 Å². The second kappa shape index (κ2) is 7.25. The zero-order chi connectivity index (χ0) is 19.9. The van der Waals surface area contributed by atoms with Crippen molar-refractivity contribution in [3.05, 3.63) is 11.8 Å². The lowest BCUT2D eigenvalue weighted by Gasteiger charge is -2.42. The molecule has 0 bridgehead atoms. The van der Waals surface area contributed by atoms with E-state index in [-0.39, 0.29) is 17.9 Å². The molecule has 0 aromatic heterocycles. The summed E-state index contributed by atoms with van der Waals surface area (Å²) in [6.45, 7) is 0.695. The van der Waals surface area contributed by atoms with Gasteiger partial charge < -0.3 is 16.4 Å². The molecule has 4 N–H and O–H groups in total. The average Bonchev–Trinajstić information content (AvgIpc) is 3.08. The number of nitrogens with two attached hydrogens (primary N) is 1. The van der Waals surface area contributed by atoms with E-state index in [1.54, 1.807) is 0 Å². The predicted molar refractivity (Wildman–Crippen MR) is 96.2 cm³/mol. The van der Waals surface area contributed by atoms with Crippen LogP contribution in [0.1, 0.15) is 38.5 Å². The molecule has 27 heavy (non-hydrogen) atoms. The van der Waals surface area contributed by atoms with Gasteiger partial charge in [0.1, 0.15) is 5.66 Å². The summed E-state index contributed by atoms with van der Waals surface area (Å²) < 4.78 is 65.0. The molecule has 0 radical (unpaired) electrons. The maximum absolute atomic E-state index is 13.5. The van der Waals surface area contributed by atoms with Gasteiger partial charge in [-0.15, -0.1) is 0 Å². The summed E-state index contributed by atoms with van der Waals surface area (Å²) in [5, 5.41) is 5.40. The zero-order valence-corrected chi connectivity index (χ0v) is 16.0. The van der Waals surface area contributed by atoms with E-state index < -0.39 is 27.4 Å². The van der Waals surface area contributed by atoms with E-state index in [9.17, 15) is 21.6 Å². The molecule has 0 spiro atoms. The summed E-state index contributed by atoms with van der Waals surface area (Å²) in [6, 6.07) is -0.174. The Balaban J connectivity index is 1.77. The Morgan fingerprint density at radius 2 is 1.81 bits per heavy atom. The lowest BCUT2D eigenvalue weighted by Crippen LogP contribution is -2.68. The molecule has 1 aliphatic carbocycles. The minimum Gasteiger partial charge on any atom is -0.334 e. The van der Waals surface area contributed by atoms with Gasteiger partial charge in [-0.3, -0.25) is 0 Å². The highest BCUT2D eigenvalue weighted by Gasteiger charge is 2.53. The highest BCUT2D eigenvalue weighted by molar-refractivity contribution is 7.88. The smallest absolute Gasteiger partial charge is 0.334 e. The van der Waals surface area contributed by atoms with E-state index in [4.69, 9.17) is 5.73 Å². The fourth-order valence-electron chi connectivity index (χ4n) is 4.13. The quantitative estimate of drug-likeness (QED) is 0.652. The number of halogens is 3. The summed E-state index contributed by atoms with van der Waals surface area (Å²) in [4.78, 5) is 4.48. The van der Waals surface area contributed by atoms with Gasteiger partial charge in [0.25, 0.3) is 0 Å². The SMILES string of the molecule is CS(=O)(=O)N1CCC(N=C2NC=C(C(F)(F)F)C(N)(C3CCCC3)N2)CC1. The molecule has 1 saturated heterocycles. The Kier molecular flexibility index (Phi) is 5.48. The monoisotopic (exact) mass is 409 g/mol. The van der Waals surface area contributed by atoms with Crippen LogP contribution in [0.5, 0.6) is 0 Å². The Morgan fingerprint density at radius 1 is 1.22 bits per heavy atom. The summed E-state index contributed by atoms with van der Waals surface area (Å²) in [7, 11) is -3.24. The number of hydrogen-bond donors (Lipinski definition) is 3. The van der Waals surface area contributed by atoms with Crippen LogP contribution in [0.15, 0.2) is 16.8 Å². The number of piperidine rings is 1. The van der Waals surface area contributed by atoms with E-state index in [1.807, 2.05) is 0 Å². The van der Waals surface area contributed by atoms with Crippen molar-refractivity contribution < 1.29 is 21.6 Å². The summed E-state index contributed by atoms with van der Waals surface area (Å²) in [5.41, 5.74) is 3.75. The van der Waals surface area contributed by atoms with E-state index in [0.29, 0.717) is 38.8 Å². The molecule has 2 aliphatic heterocycles. The van der Waals surface area contributed by atoms with Gasteiger partial charge in [-0.2, -0.15) is 13.2 Å². The fraction of sp³-hybridized carbons (Fsp3) is 0.812. The first-order chi connectivity index (χ1) is 12.5. The number of sulfonamides is 1. The lowest BCUT2D eigenvalue weighted by molar-refractivity contribution is -0.106. The first-order valence-corrected chi connectivity index (χ1v) is 11.0. The summed E-state index contributed by atoms with van der Waals surface area (Å²) in [6.07, 6.45) is 1.56. The van der Waals surface area contributed by atoms with E-state index in [0.717, 1.165) is 25.3 Å². The standard InChI is InChI=1S/C16H26F3N5O2S/c1-27(25,26)24-8-6-12(7-9-24)22-14-21-10-13(16(17,18)19)15(20,23-14)11-4-2-3-5-11/h10-12H,2-9,20H2,1H3,(H2,21,22,23). The molecule has 1 atom stereocenters. The Hall–Kier alpha value is -1.33. The third-order valence-corrected chi connectivity index (χ3v) is 6.94. The van der Waals surface area contributed by atoms with Gasteiger partial charge in [0, 0.05) is 19.3 Å². The minimum atomic E-state index is -4.54. The number of alkyl halides is 3. The van der Waals surface area contributed by atoms with E-state index in [1.165, 1.54) is 4.31 Å². The molecule has 3 rings (SSSR count). The van der Waals surface area contributed by atoms with E-state index in [2.05, 4.69) is 15.6 Å². The molecule has 1 saturated carbocycles. The number of aliphatic imine (C=N–C) groups is 1. The van der Waals surface area contributed by atoms with Crippen molar-refractivity contribution in [1.82, 2.24) is 14.9 Å². The zero-order valence-electron chi connectivity index (χ0n) is 15.2. The van der Waals surface area contributed by atoms with Gasteiger partial charge in [0.05, 0.1) is 17.9 Å². The van der Waals surface area contributed by atoms with Gasteiger partial charge >= 0.3 is 6.18 Å². The third kappa shape index (κ3) is 4.40. The molecular weight excluding hydrogens is 383 g/mol. The predicted octanol–water partition coefficient (Wildman–Crippen LogP) is 1.25. The molecule has 154 valence electrons. The summed E-state index contributed by atoms with van der Waals surface area (Å²) in [5.74, 6) is -0.0973. The molecule has 3 aliphatic rings. The van der Waals surface area contributed by atoms with Crippen LogP contribution in [0.4, 0.5) is 13.2 Å². The van der Waals surface area contributed by atoms with Gasteiger partial charge in [0.15, 0.2) is 5.96 Å². The molecule has 1 unspecified atom stereocenters. The molecule has 0 aromatic rings. The number of guanidine groups is 1. The van der Waals surface area contributed by atoms with Crippen LogP contribution in [0.3, 0.4) is 0 Å². The van der Waals surface area contributed by atoms with Crippen molar-refractivity contribution >= 4 is 16.0 Å². The number of hydrogen-bond acceptors (Lipinski definition) is 4. The number of rotatable bonds is 3. The highest BCUT2D eigenvalue weighted by Crippen LogP contribution is 2.42. The molecule has 0 aromatic carbocycles. The fourth-order valence-corrected chi connectivity index (χ4v) is 5.01. The van der Waals surface area contributed by atoms with Crippen LogP contribution in [0, 0.1) is 5.92 Å². The highest BCUT2D eigenvalue weighted by atomic mass is 32.2. The van der Waals surface area contributed by atoms with Crippen LogP contribution in [0.2, 0.25) is 0 Å². The van der Waals surface area contributed by atoms with Crippen molar-refractivity contribution in [1.29, 1.82) is 0 Å². The van der Waals surface area contributed by atoms with Crippen molar-refractivity contribution in [3.8, 4) is 0 Å². The molecule has 0 amide bonds. The van der Waals surface area contributed by atoms with Crippen LogP contribution in [0.25, 0.3) is 0 Å². The second-order valence-electron chi connectivity index (χ2n) is 7.55. The molecule has 2 fully saturated rings. The molecular formula is C16H26F3N5O2S. The van der Waals surface area contributed by atoms with Gasteiger partial charge in [-0.25, -0.2) is 17.7 Å².